The fourth-order valence-electron chi connectivity index (χ4n) is 2.71. The first-order valence-corrected chi connectivity index (χ1v) is 9.68. The SMILES string of the molecule is Cc1csc(-c2nc(N)c3cc(C(=O)NC4CCOCC4)sc3n2)n1. The van der Waals surface area contributed by atoms with E-state index in [0.717, 1.165) is 23.5 Å². The summed E-state index contributed by atoms with van der Waals surface area (Å²) in [6.07, 6.45) is 1.68. The van der Waals surface area contributed by atoms with Gasteiger partial charge in [-0.05, 0) is 25.8 Å². The molecule has 0 aromatic carbocycles. The molecule has 1 aliphatic heterocycles. The van der Waals surface area contributed by atoms with Crippen LogP contribution in [0.3, 0.4) is 0 Å². The van der Waals surface area contributed by atoms with Crippen molar-refractivity contribution in [2.24, 2.45) is 0 Å². The van der Waals surface area contributed by atoms with Crippen molar-refractivity contribution in [1.82, 2.24) is 20.3 Å². The van der Waals surface area contributed by atoms with Gasteiger partial charge in [0.1, 0.15) is 10.6 Å². The third-order valence-electron chi connectivity index (χ3n) is 4.01. The number of aryl methyl sites for hydroxylation is 1. The van der Waals surface area contributed by atoms with E-state index in [4.69, 9.17) is 10.5 Å². The largest absolute Gasteiger partial charge is 0.383 e. The van der Waals surface area contributed by atoms with E-state index < -0.39 is 0 Å². The molecule has 1 saturated heterocycles. The number of anilines is 1. The van der Waals surface area contributed by atoms with E-state index in [0.29, 0.717) is 39.9 Å². The molecule has 0 atom stereocenters. The van der Waals surface area contributed by atoms with E-state index in [2.05, 4.69) is 20.3 Å². The van der Waals surface area contributed by atoms with E-state index in [1.807, 2.05) is 12.3 Å². The lowest BCUT2D eigenvalue weighted by molar-refractivity contribution is 0.0698. The molecule has 130 valence electrons. The molecular formula is C16H17N5O2S2. The van der Waals surface area contributed by atoms with Gasteiger partial charge in [0.2, 0.25) is 0 Å². The summed E-state index contributed by atoms with van der Waals surface area (Å²) in [5.74, 6) is 0.775. The number of hydrogen-bond acceptors (Lipinski definition) is 8. The molecule has 25 heavy (non-hydrogen) atoms. The van der Waals surface area contributed by atoms with Crippen LogP contribution in [0.4, 0.5) is 5.82 Å². The van der Waals surface area contributed by atoms with Gasteiger partial charge in [-0.25, -0.2) is 15.0 Å². The number of nitrogens with zero attached hydrogens (tertiary/aromatic N) is 3. The maximum Gasteiger partial charge on any atom is 0.261 e. The Kier molecular flexibility index (Phi) is 4.36. The van der Waals surface area contributed by atoms with Gasteiger partial charge >= 0.3 is 0 Å². The van der Waals surface area contributed by atoms with Crippen molar-refractivity contribution >= 4 is 44.6 Å². The van der Waals surface area contributed by atoms with E-state index in [1.54, 1.807) is 6.07 Å². The highest BCUT2D eigenvalue weighted by atomic mass is 32.1. The fraction of sp³-hybridized carbons (Fsp3) is 0.375. The Hall–Kier alpha value is -2.10. The van der Waals surface area contributed by atoms with Gasteiger partial charge < -0.3 is 15.8 Å². The van der Waals surface area contributed by atoms with Gasteiger partial charge in [-0.3, -0.25) is 4.79 Å². The van der Waals surface area contributed by atoms with E-state index in [1.165, 1.54) is 22.7 Å². The molecule has 4 rings (SSSR count). The van der Waals surface area contributed by atoms with Crippen LogP contribution in [-0.4, -0.2) is 40.1 Å². The lowest BCUT2D eigenvalue weighted by Crippen LogP contribution is -2.38. The number of hydrogen-bond donors (Lipinski definition) is 2. The van der Waals surface area contributed by atoms with Gasteiger partial charge in [-0.2, -0.15) is 0 Å². The minimum absolute atomic E-state index is 0.0963. The van der Waals surface area contributed by atoms with Crippen molar-refractivity contribution in [1.29, 1.82) is 0 Å². The summed E-state index contributed by atoms with van der Waals surface area (Å²) in [7, 11) is 0. The second-order valence-electron chi connectivity index (χ2n) is 5.92. The maximum atomic E-state index is 12.5. The summed E-state index contributed by atoms with van der Waals surface area (Å²) < 4.78 is 5.32. The van der Waals surface area contributed by atoms with E-state index in [-0.39, 0.29) is 11.9 Å². The van der Waals surface area contributed by atoms with Gasteiger partial charge in [-0.1, -0.05) is 0 Å². The summed E-state index contributed by atoms with van der Waals surface area (Å²) in [6.45, 7) is 3.30. The number of nitrogens with one attached hydrogen (secondary N) is 1. The van der Waals surface area contributed by atoms with Gasteiger partial charge in [0.15, 0.2) is 10.8 Å². The Bertz CT molecular complexity index is 930. The predicted octanol–water partition coefficient (Wildman–Crippen LogP) is 2.61. The second-order valence-corrected chi connectivity index (χ2v) is 7.80. The van der Waals surface area contributed by atoms with Crippen molar-refractivity contribution in [2.75, 3.05) is 18.9 Å². The molecule has 7 nitrogen and oxygen atoms in total. The van der Waals surface area contributed by atoms with Crippen LogP contribution in [0.5, 0.6) is 0 Å². The summed E-state index contributed by atoms with van der Waals surface area (Å²) in [6, 6.07) is 1.92. The van der Waals surface area contributed by atoms with Crippen LogP contribution in [0.2, 0.25) is 0 Å². The number of aromatic nitrogens is 3. The molecule has 1 amide bonds. The van der Waals surface area contributed by atoms with Crippen LogP contribution >= 0.6 is 22.7 Å². The molecule has 3 aromatic heterocycles. The quantitative estimate of drug-likeness (QED) is 0.729. The molecule has 1 fully saturated rings. The number of rotatable bonds is 3. The van der Waals surface area contributed by atoms with E-state index in [9.17, 15) is 4.79 Å². The summed E-state index contributed by atoms with van der Waals surface area (Å²) >= 11 is 2.80. The molecule has 9 heteroatoms. The number of nitrogen functional groups attached to an aromatic ring is 1. The molecule has 1 aliphatic rings. The Labute approximate surface area is 152 Å². The molecule has 0 saturated carbocycles. The molecule has 0 aliphatic carbocycles. The third-order valence-corrected chi connectivity index (χ3v) is 6.00. The Balaban J connectivity index is 1.63. The van der Waals surface area contributed by atoms with Crippen LogP contribution < -0.4 is 11.1 Å². The molecule has 3 aromatic rings. The first-order valence-electron chi connectivity index (χ1n) is 7.98. The average Bonchev–Trinajstić information content (AvgIpc) is 3.22. The minimum Gasteiger partial charge on any atom is -0.383 e. The summed E-state index contributed by atoms with van der Waals surface area (Å²) in [5.41, 5.74) is 7.00. The van der Waals surface area contributed by atoms with Crippen LogP contribution in [0.15, 0.2) is 11.4 Å². The van der Waals surface area contributed by atoms with Gasteiger partial charge in [0, 0.05) is 30.3 Å². The zero-order chi connectivity index (χ0) is 17.4. The number of nitrogens with two attached hydrogens (primary N) is 1. The number of carbonyl (C=O) groups is 1. The fourth-order valence-corrected chi connectivity index (χ4v) is 4.38. The molecule has 0 unspecified atom stereocenters. The van der Waals surface area contributed by atoms with Crippen molar-refractivity contribution in [3.63, 3.8) is 0 Å². The van der Waals surface area contributed by atoms with Crippen LogP contribution in [0.1, 0.15) is 28.2 Å². The standard InChI is InChI=1S/C16H17N5O2S2/c1-8-7-24-16(18-8)13-20-12(17)10-6-11(25-15(10)21-13)14(22)19-9-2-4-23-5-3-9/h6-7,9H,2-5H2,1H3,(H,19,22)(H2,17,20,21). The normalized spacial score (nSPS) is 15.6. The average molecular weight is 375 g/mol. The lowest BCUT2D eigenvalue weighted by Gasteiger charge is -2.22. The number of fused-ring (bicyclic) bond motifs is 1. The molecule has 0 bridgehead atoms. The van der Waals surface area contributed by atoms with Crippen LogP contribution in [0.25, 0.3) is 21.0 Å². The predicted molar refractivity (Wildman–Crippen MR) is 99.0 cm³/mol. The molecule has 3 N–H and O–H groups in total. The van der Waals surface area contributed by atoms with Crippen molar-refractivity contribution in [3.8, 4) is 10.8 Å². The molecular weight excluding hydrogens is 358 g/mol. The Morgan fingerprint density at radius 1 is 1.32 bits per heavy atom. The minimum atomic E-state index is -0.0963. The first-order chi connectivity index (χ1) is 12.1. The van der Waals surface area contributed by atoms with Gasteiger partial charge in [0.05, 0.1) is 10.3 Å². The zero-order valence-corrected chi connectivity index (χ0v) is 15.2. The summed E-state index contributed by atoms with van der Waals surface area (Å²) in [5, 5.41) is 6.44. The number of ether oxygens (including phenoxy) is 1. The Morgan fingerprint density at radius 3 is 2.84 bits per heavy atom. The second kappa shape index (κ2) is 6.66. The van der Waals surface area contributed by atoms with Crippen LogP contribution in [-0.2, 0) is 4.74 Å². The molecule has 0 spiro atoms. The highest BCUT2D eigenvalue weighted by molar-refractivity contribution is 7.20. The molecule has 0 radical (unpaired) electrons. The number of amides is 1. The zero-order valence-electron chi connectivity index (χ0n) is 13.6. The first kappa shape index (κ1) is 16.4. The van der Waals surface area contributed by atoms with E-state index >= 15 is 0 Å². The lowest BCUT2D eigenvalue weighted by atomic mass is 10.1. The van der Waals surface area contributed by atoms with Crippen LogP contribution in [0, 0.1) is 6.92 Å². The maximum absolute atomic E-state index is 12.5. The van der Waals surface area contributed by atoms with Gasteiger partial charge in [-0.15, -0.1) is 22.7 Å². The van der Waals surface area contributed by atoms with Crippen molar-refractivity contribution < 1.29 is 9.53 Å². The smallest absolute Gasteiger partial charge is 0.261 e. The number of carbonyl (C=O) groups excluding carboxylic acids is 1. The monoisotopic (exact) mass is 375 g/mol. The Morgan fingerprint density at radius 2 is 2.12 bits per heavy atom. The third kappa shape index (κ3) is 3.35. The van der Waals surface area contributed by atoms with Crippen molar-refractivity contribution in [3.05, 3.63) is 22.0 Å². The number of thiophene rings is 1. The van der Waals surface area contributed by atoms with Gasteiger partial charge in [0.25, 0.3) is 5.91 Å². The van der Waals surface area contributed by atoms with Crippen molar-refractivity contribution in [2.45, 2.75) is 25.8 Å². The number of thiazole rings is 1. The highest BCUT2D eigenvalue weighted by Crippen LogP contribution is 2.31. The molecule has 4 heterocycles. The highest BCUT2D eigenvalue weighted by Gasteiger charge is 2.20. The summed E-state index contributed by atoms with van der Waals surface area (Å²) in [4.78, 5) is 27.1. The topological polar surface area (TPSA) is 103 Å².